The van der Waals surface area contributed by atoms with E-state index in [0.29, 0.717) is 0 Å². The number of fused-ring (bicyclic) bond motifs is 2. The van der Waals surface area contributed by atoms with Gasteiger partial charge in [-0.2, -0.15) is 0 Å². The molecule has 0 heterocycles. The second-order valence-electron chi connectivity index (χ2n) is 49.5. The predicted molar refractivity (Wildman–Crippen MR) is 599 cm³/mol. The molecule has 0 atom stereocenters. The first-order valence-electron chi connectivity index (χ1n) is 50.1. The normalized spacial score (nSPS) is 12.9. The van der Waals surface area contributed by atoms with Crippen molar-refractivity contribution in [1.82, 2.24) is 0 Å². The zero-order valence-corrected chi connectivity index (χ0v) is 89.1. The molecule has 0 nitrogen and oxygen atoms in total. The second kappa shape index (κ2) is 34.0. The number of hydrogen-bond donors (Lipinski definition) is 0. The van der Waals surface area contributed by atoms with Crippen LogP contribution in [-0.4, -0.2) is 0 Å². The van der Waals surface area contributed by atoms with E-state index < -0.39 is 0 Å². The van der Waals surface area contributed by atoms with Gasteiger partial charge in [-0.05, 0) is 463 Å². The van der Waals surface area contributed by atoms with Gasteiger partial charge in [-0.15, -0.1) is 0 Å². The molecule has 0 amide bonds. The molecular weight excluding hydrogens is 1630 g/mol. The first-order chi connectivity index (χ1) is 63.4. The van der Waals surface area contributed by atoms with Gasteiger partial charge in [0.1, 0.15) is 0 Å². The zero-order valence-electron chi connectivity index (χ0n) is 89.1. The fourth-order valence-electron chi connectivity index (χ4n) is 22.0. The van der Waals surface area contributed by atoms with Crippen LogP contribution in [0.1, 0.15) is 277 Å². The molecular formula is C136H148. The largest absolute Gasteiger partial charge is 0.0579 e. The smallest absolute Gasteiger partial charge is 0.00255 e. The first-order valence-corrected chi connectivity index (χ1v) is 50.1. The topological polar surface area (TPSA) is 0 Å². The van der Waals surface area contributed by atoms with E-state index in [2.05, 4.69) is 492 Å². The van der Waals surface area contributed by atoms with Crippen molar-refractivity contribution in [2.24, 2.45) is 0 Å². The molecule has 0 radical (unpaired) electrons. The maximum absolute atomic E-state index is 2.67. The number of rotatable bonds is 12. The Bertz CT molecular complexity index is 6480. The predicted octanol–water partition coefficient (Wildman–Crippen LogP) is 39.8. The van der Waals surface area contributed by atoms with Gasteiger partial charge in [0, 0.05) is 0 Å². The van der Waals surface area contributed by atoms with Crippen LogP contribution in [0.4, 0.5) is 0 Å². The van der Waals surface area contributed by atoms with Gasteiger partial charge in [0.15, 0.2) is 0 Å². The summed E-state index contributed by atoms with van der Waals surface area (Å²) in [5.74, 6) is 0. The minimum Gasteiger partial charge on any atom is -0.0579 e. The van der Waals surface area contributed by atoms with Gasteiger partial charge in [-0.25, -0.2) is 0 Å². The van der Waals surface area contributed by atoms with Crippen LogP contribution in [0.25, 0.3) is 177 Å². The monoisotopic (exact) mass is 1780 g/mol. The van der Waals surface area contributed by atoms with Gasteiger partial charge >= 0.3 is 0 Å². The molecule has 17 aromatic rings. The van der Waals surface area contributed by atoms with Crippen molar-refractivity contribution < 1.29 is 0 Å². The Morgan fingerprint density at radius 2 is 0.257 bits per heavy atom. The van der Waals surface area contributed by atoms with Crippen molar-refractivity contribution in [3.63, 3.8) is 0 Å². The van der Waals surface area contributed by atoms with Crippen molar-refractivity contribution in [3.05, 3.63) is 354 Å². The Morgan fingerprint density at radius 3 is 0.368 bits per heavy atom. The number of benzene rings is 17. The van der Waals surface area contributed by atoms with E-state index in [4.69, 9.17) is 0 Å². The van der Waals surface area contributed by atoms with Crippen LogP contribution < -0.4 is 0 Å². The van der Waals surface area contributed by atoms with Crippen LogP contribution in [0.3, 0.4) is 0 Å². The highest BCUT2D eigenvalue weighted by atomic mass is 14.4. The van der Waals surface area contributed by atoms with Crippen LogP contribution in [-0.2, 0) is 43.3 Å². The fourth-order valence-corrected chi connectivity index (χ4v) is 22.0. The Balaban J connectivity index is 1.14. The van der Waals surface area contributed by atoms with Crippen molar-refractivity contribution in [1.29, 1.82) is 0 Å². The first kappa shape index (κ1) is 95.8. The summed E-state index contributed by atoms with van der Waals surface area (Å²) in [6.07, 6.45) is 0. The second-order valence-corrected chi connectivity index (χ2v) is 49.5. The van der Waals surface area contributed by atoms with Crippen LogP contribution in [0.5, 0.6) is 0 Å². The highest BCUT2D eigenvalue weighted by Gasteiger charge is 2.33. The van der Waals surface area contributed by atoms with Gasteiger partial charge < -0.3 is 0 Å². The molecule has 0 aromatic heterocycles. The molecule has 0 N–H and O–H groups in total. The van der Waals surface area contributed by atoms with Gasteiger partial charge in [0.05, 0.1) is 0 Å². The summed E-state index contributed by atoms with van der Waals surface area (Å²) in [4.78, 5) is 0. The molecule has 0 heteroatoms. The van der Waals surface area contributed by atoms with E-state index >= 15 is 0 Å². The Morgan fingerprint density at radius 1 is 0.132 bits per heavy atom. The van der Waals surface area contributed by atoms with E-state index in [1.54, 1.807) is 0 Å². The highest BCUT2D eigenvalue weighted by molar-refractivity contribution is 6.36. The van der Waals surface area contributed by atoms with E-state index in [1.807, 2.05) is 0 Å². The minimum atomic E-state index is -0.0610. The van der Waals surface area contributed by atoms with Gasteiger partial charge in [-0.1, -0.05) is 360 Å². The molecule has 0 aliphatic rings. The van der Waals surface area contributed by atoms with Crippen molar-refractivity contribution in [3.8, 4) is 134 Å². The molecule has 17 rings (SSSR count). The molecule has 0 bridgehead atoms. The molecule has 0 unspecified atom stereocenters. The molecule has 0 spiro atoms. The van der Waals surface area contributed by atoms with E-state index in [9.17, 15) is 0 Å². The van der Waals surface area contributed by atoms with Gasteiger partial charge in [0.25, 0.3) is 0 Å². The van der Waals surface area contributed by atoms with Gasteiger partial charge in [0.2, 0.25) is 0 Å². The molecule has 17 aromatic carbocycles. The van der Waals surface area contributed by atoms with Crippen molar-refractivity contribution in [2.45, 2.75) is 293 Å². The van der Waals surface area contributed by atoms with Gasteiger partial charge in [-0.3, -0.25) is 0 Å². The lowest BCUT2D eigenvalue weighted by Gasteiger charge is -2.27. The van der Waals surface area contributed by atoms with E-state index in [1.165, 1.54) is 288 Å². The summed E-state index contributed by atoms with van der Waals surface area (Å²) in [7, 11) is 0. The lowest BCUT2D eigenvalue weighted by molar-refractivity contribution is 0.589. The van der Waals surface area contributed by atoms with E-state index in [-0.39, 0.29) is 43.3 Å². The molecule has 0 aliphatic carbocycles. The maximum Gasteiger partial charge on any atom is -0.00255 e. The molecule has 692 valence electrons. The Hall–Kier alpha value is -12.0. The number of hydrogen-bond acceptors (Lipinski definition) is 0. The van der Waals surface area contributed by atoms with Crippen molar-refractivity contribution >= 4 is 43.1 Å². The summed E-state index contributed by atoms with van der Waals surface area (Å²) in [6.45, 7) is 84.5. The highest BCUT2D eigenvalue weighted by Crippen LogP contribution is 2.57. The summed E-state index contributed by atoms with van der Waals surface area (Å²) >= 11 is 0. The van der Waals surface area contributed by atoms with Crippen LogP contribution in [0.15, 0.2) is 243 Å². The standard InChI is InChI=1S/C136H148/c1-77-53-111(103-45-37-95(61-81(103)5)129(13,14)15)125(112(54-77)104-46-38-96(62-82(104)6)130(16,17)18)91-69-89-70-92(126-113(105-47-39-97(63-83(105)7)131(19,20)21)55-78(2)56-114(126)106-48-40-98(64-84(106)8)132(22,23)24)75-121-122-76-94(128-117(109-51-43-101(67-87(109)11)135(31,32)33)59-80(4)60-118(128)110-52-44-102(68-88(110)12)136(34,35)36)72-90-71-93(74-120(124(90)122)119(73-91)123(89)121)127-115(107-49-41-99(65-85(107)9)133(25,26)27)57-79(3)58-116(127)108-50-42-100(66-86(108)10)134(28,29)30/h37-76H,1-36H3. The molecule has 0 fully saturated rings. The summed E-state index contributed by atoms with van der Waals surface area (Å²) < 4.78 is 0. The van der Waals surface area contributed by atoms with Crippen molar-refractivity contribution in [2.75, 3.05) is 0 Å². The van der Waals surface area contributed by atoms with Crippen LogP contribution in [0, 0.1) is 83.1 Å². The number of aryl methyl sites for hydroxylation is 12. The molecule has 0 saturated carbocycles. The third-order valence-electron chi connectivity index (χ3n) is 30.0. The summed E-state index contributed by atoms with van der Waals surface area (Å²) in [6, 6.07) is 100.0. The lowest BCUT2D eigenvalue weighted by Crippen LogP contribution is -2.11. The van der Waals surface area contributed by atoms with Crippen LogP contribution >= 0.6 is 0 Å². The SMILES string of the molecule is Cc1cc(-c2ccc(C(C)(C)C)cc2C)c(-c2cc3cc(-c4c(-c5ccc(C(C)(C)C)cc5C)cc(C)cc4-c4ccc(C(C)(C)C)cc4C)cc4c5cc(-c6c(-c7ccc(C(C)(C)C)cc7C)cc(C)cc6-c6ccc(C(C)(C)C)cc6C)cc6cc(-c7c(-c8ccc(C(C)(C)C)cc8C)cc(C)cc7-c7ccc(C(C)(C)C)cc7C)cc(c(c2)c34)c65)c(-c2ccc(C(C)(C)C)cc2C)c1. The molecule has 0 saturated heterocycles. The lowest BCUT2D eigenvalue weighted by atomic mass is 9.77. The zero-order chi connectivity index (χ0) is 98.3. The maximum atomic E-state index is 2.67. The Labute approximate surface area is 817 Å². The average molecular weight is 1780 g/mol. The third-order valence-corrected chi connectivity index (χ3v) is 30.0. The molecule has 0 aliphatic heterocycles. The fraction of sp³-hybridized carbons (Fsp3) is 0.324. The molecule has 136 heavy (non-hydrogen) atoms. The summed E-state index contributed by atoms with van der Waals surface area (Å²) in [5, 5.41) is 9.74. The quantitative estimate of drug-likeness (QED) is 0.0845. The minimum absolute atomic E-state index is 0.0610. The third kappa shape index (κ3) is 17.9. The summed E-state index contributed by atoms with van der Waals surface area (Å²) in [5.41, 5.74) is 54.5. The van der Waals surface area contributed by atoms with Crippen LogP contribution in [0.2, 0.25) is 0 Å². The average Bonchev–Trinajstić information content (AvgIpc) is 0.693. The Kier molecular flexibility index (Phi) is 24.0. The van der Waals surface area contributed by atoms with E-state index in [0.717, 1.165) is 0 Å².